The molecule has 0 aromatic carbocycles. The Morgan fingerprint density at radius 1 is 1.07 bits per heavy atom. The number of rotatable bonds is 11. The van der Waals surface area contributed by atoms with E-state index in [-0.39, 0.29) is 24.1 Å². The normalized spacial score (nSPS) is 13.4. The van der Waals surface area contributed by atoms with Crippen molar-refractivity contribution in [2.24, 2.45) is 11.7 Å². The Kier molecular flexibility index (Phi) is 11.8. The summed E-state index contributed by atoms with van der Waals surface area (Å²) in [5.41, 5.74) is 4.64. The van der Waals surface area contributed by atoms with Crippen molar-refractivity contribution in [3.8, 4) is 0 Å². The maximum atomic E-state index is 12.7. The molecule has 0 aliphatic carbocycles. The van der Waals surface area contributed by atoms with Gasteiger partial charge in [-0.1, -0.05) is 13.8 Å². The molecule has 0 aromatic rings. The monoisotopic (exact) mass is 418 g/mol. The van der Waals surface area contributed by atoms with E-state index in [1.54, 1.807) is 20.8 Å². The van der Waals surface area contributed by atoms with Gasteiger partial charge >= 0.3 is 5.97 Å². The summed E-state index contributed by atoms with van der Waals surface area (Å²) in [7, 11) is 0. The summed E-state index contributed by atoms with van der Waals surface area (Å²) in [6, 6.07) is -1.73. The summed E-state index contributed by atoms with van der Waals surface area (Å²) in [4.78, 5) is 47.8. The van der Waals surface area contributed by atoms with Crippen LogP contribution in [0.5, 0.6) is 0 Å². The SMILES string of the molecule is CC(=O)NCSC[C@H](NC(=O)CN)C(=O)N[C@@H](CC(C)C)C(=O)OC(C)(C)C. The molecule has 0 heterocycles. The Hall–Kier alpha value is -1.81. The van der Waals surface area contributed by atoms with Gasteiger partial charge in [-0.3, -0.25) is 14.4 Å². The average molecular weight is 419 g/mol. The molecule has 0 fully saturated rings. The second kappa shape index (κ2) is 12.6. The molecule has 0 aromatic heterocycles. The van der Waals surface area contributed by atoms with Crippen molar-refractivity contribution in [2.75, 3.05) is 18.2 Å². The van der Waals surface area contributed by atoms with E-state index in [1.165, 1.54) is 18.7 Å². The zero-order valence-corrected chi connectivity index (χ0v) is 18.4. The van der Waals surface area contributed by atoms with Gasteiger partial charge in [-0.25, -0.2) is 4.79 Å². The number of carbonyl (C=O) groups is 4. The molecule has 0 aliphatic heterocycles. The summed E-state index contributed by atoms with van der Waals surface area (Å²) < 4.78 is 5.39. The summed E-state index contributed by atoms with van der Waals surface area (Å²) in [5.74, 6) is -1.07. The zero-order valence-electron chi connectivity index (χ0n) is 17.6. The van der Waals surface area contributed by atoms with Gasteiger partial charge in [0.15, 0.2) is 0 Å². The molecule has 10 heteroatoms. The molecule has 9 nitrogen and oxygen atoms in total. The second-order valence-corrected chi connectivity index (χ2v) is 8.83. The maximum absolute atomic E-state index is 12.7. The van der Waals surface area contributed by atoms with Crippen LogP contribution in [0.4, 0.5) is 0 Å². The first-order valence-corrected chi connectivity index (χ1v) is 10.4. The van der Waals surface area contributed by atoms with Crippen molar-refractivity contribution >= 4 is 35.5 Å². The van der Waals surface area contributed by atoms with E-state index in [2.05, 4.69) is 16.0 Å². The molecular formula is C18H34N4O5S. The second-order valence-electron chi connectivity index (χ2n) is 7.80. The fourth-order valence-corrected chi connectivity index (χ4v) is 2.99. The van der Waals surface area contributed by atoms with E-state index >= 15 is 0 Å². The minimum atomic E-state index is -0.896. The number of amides is 3. The summed E-state index contributed by atoms with van der Waals surface area (Å²) in [6.07, 6.45) is 0.400. The summed E-state index contributed by atoms with van der Waals surface area (Å²) in [6.45, 7) is 10.2. The number of carbonyl (C=O) groups excluding carboxylic acids is 4. The van der Waals surface area contributed by atoms with Crippen LogP contribution >= 0.6 is 11.8 Å². The van der Waals surface area contributed by atoms with E-state index in [9.17, 15) is 19.2 Å². The molecule has 5 N–H and O–H groups in total. The Labute approximate surface area is 171 Å². The Morgan fingerprint density at radius 3 is 2.14 bits per heavy atom. The molecular weight excluding hydrogens is 384 g/mol. The predicted octanol–water partition coefficient (Wildman–Crippen LogP) is 0.129. The largest absolute Gasteiger partial charge is 0.458 e. The highest BCUT2D eigenvalue weighted by atomic mass is 32.2. The minimum Gasteiger partial charge on any atom is -0.458 e. The number of hydrogen-bond acceptors (Lipinski definition) is 7. The fraction of sp³-hybridized carbons (Fsp3) is 0.778. The lowest BCUT2D eigenvalue weighted by atomic mass is 10.0. The van der Waals surface area contributed by atoms with Gasteiger partial charge in [0.25, 0.3) is 0 Å². The van der Waals surface area contributed by atoms with E-state index < -0.39 is 35.5 Å². The van der Waals surface area contributed by atoms with Crippen LogP contribution in [0.1, 0.15) is 48.0 Å². The number of thioether (sulfide) groups is 1. The van der Waals surface area contributed by atoms with Gasteiger partial charge in [-0.2, -0.15) is 0 Å². The van der Waals surface area contributed by atoms with Crippen LogP contribution in [0.25, 0.3) is 0 Å². The van der Waals surface area contributed by atoms with Crippen molar-refractivity contribution < 1.29 is 23.9 Å². The molecule has 3 amide bonds. The molecule has 0 spiro atoms. The maximum Gasteiger partial charge on any atom is 0.329 e. The van der Waals surface area contributed by atoms with Gasteiger partial charge in [0.1, 0.15) is 17.7 Å². The molecule has 0 aliphatic rings. The topological polar surface area (TPSA) is 140 Å². The van der Waals surface area contributed by atoms with Crippen molar-refractivity contribution in [2.45, 2.75) is 65.6 Å². The summed E-state index contributed by atoms with van der Waals surface area (Å²) in [5, 5.41) is 7.82. The van der Waals surface area contributed by atoms with Gasteiger partial charge < -0.3 is 26.4 Å². The molecule has 2 atom stereocenters. The van der Waals surface area contributed by atoms with Gasteiger partial charge in [-0.05, 0) is 33.1 Å². The molecule has 0 radical (unpaired) electrons. The molecule has 28 heavy (non-hydrogen) atoms. The van der Waals surface area contributed by atoms with Crippen LogP contribution in [0.2, 0.25) is 0 Å². The predicted molar refractivity (Wildman–Crippen MR) is 109 cm³/mol. The summed E-state index contributed by atoms with van der Waals surface area (Å²) >= 11 is 1.27. The third kappa shape index (κ3) is 12.6. The van der Waals surface area contributed by atoms with Crippen molar-refractivity contribution in [3.05, 3.63) is 0 Å². The standard InChI is InChI=1S/C18H34N4O5S/c1-11(2)7-13(17(26)27-18(4,5)6)22-16(25)14(21-15(24)8-19)9-28-10-20-12(3)23/h11,13-14H,7-10,19H2,1-6H3,(H,20,23)(H,21,24)(H,22,25)/t13-,14-/m0/s1. The molecule has 0 rings (SSSR count). The molecule has 0 bridgehead atoms. The zero-order chi connectivity index (χ0) is 21.9. The lowest BCUT2D eigenvalue weighted by Crippen LogP contribution is -2.54. The lowest BCUT2D eigenvalue weighted by Gasteiger charge is -2.27. The van der Waals surface area contributed by atoms with Gasteiger partial charge in [0.05, 0.1) is 12.4 Å². The van der Waals surface area contributed by atoms with Crippen molar-refractivity contribution in [1.29, 1.82) is 0 Å². The van der Waals surface area contributed by atoms with Gasteiger partial charge in [0.2, 0.25) is 17.7 Å². The third-order valence-corrected chi connectivity index (χ3v) is 4.18. The number of esters is 1. The van der Waals surface area contributed by atoms with Crippen LogP contribution in [-0.2, 0) is 23.9 Å². The highest BCUT2D eigenvalue weighted by molar-refractivity contribution is 7.99. The van der Waals surface area contributed by atoms with E-state index in [1.807, 2.05) is 13.8 Å². The first-order chi connectivity index (χ1) is 12.9. The van der Waals surface area contributed by atoms with Crippen molar-refractivity contribution in [1.82, 2.24) is 16.0 Å². The third-order valence-electron chi connectivity index (χ3n) is 3.26. The van der Waals surface area contributed by atoms with E-state index in [0.717, 1.165) is 0 Å². The highest BCUT2D eigenvalue weighted by Gasteiger charge is 2.30. The number of nitrogens with two attached hydrogens (primary N) is 1. The van der Waals surface area contributed by atoms with Crippen LogP contribution in [0.15, 0.2) is 0 Å². The first kappa shape index (κ1) is 26.2. The molecule has 162 valence electrons. The lowest BCUT2D eigenvalue weighted by molar-refractivity contribution is -0.159. The van der Waals surface area contributed by atoms with Crippen LogP contribution in [0, 0.1) is 5.92 Å². The Bertz CT molecular complexity index is 549. The van der Waals surface area contributed by atoms with Gasteiger partial charge in [0, 0.05) is 12.7 Å². The highest BCUT2D eigenvalue weighted by Crippen LogP contribution is 2.13. The van der Waals surface area contributed by atoms with Crippen molar-refractivity contribution in [3.63, 3.8) is 0 Å². The molecule has 0 unspecified atom stereocenters. The Balaban J connectivity index is 5.11. The minimum absolute atomic E-state index is 0.143. The molecule has 0 saturated heterocycles. The van der Waals surface area contributed by atoms with Gasteiger partial charge in [-0.15, -0.1) is 11.8 Å². The quantitative estimate of drug-likeness (QED) is 0.212. The van der Waals surface area contributed by atoms with Crippen LogP contribution in [-0.4, -0.2) is 59.5 Å². The first-order valence-electron chi connectivity index (χ1n) is 9.20. The number of nitrogens with one attached hydrogen (secondary N) is 3. The van der Waals surface area contributed by atoms with E-state index in [0.29, 0.717) is 12.3 Å². The number of ether oxygens (including phenoxy) is 1. The van der Waals surface area contributed by atoms with E-state index in [4.69, 9.17) is 10.5 Å². The van der Waals surface area contributed by atoms with Crippen LogP contribution < -0.4 is 21.7 Å². The average Bonchev–Trinajstić information content (AvgIpc) is 2.54. The smallest absolute Gasteiger partial charge is 0.329 e. The Morgan fingerprint density at radius 2 is 1.68 bits per heavy atom. The molecule has 0 saturated carbocycles. The fourth-order valence-electron chi connectivity index (χ4n) is 2.10. The van der Waals surface area contributed by atoms with Crippen LogP contribution in [0.3, 0.4) is 0 Å². The number of hydrogen-bond donors (Lipinski definition) is 4.